The van der Waals surface area contributed by atoms with E-state index in [2.05, 4.69) is 17.2 Å². The van der Waals surface area contributed by atoms with Crippen molar-refractivity contribution in [1.29, 1.82) is 0 Å². The van der Waals surface area contributed by atoms with Crippen LogP contribution in [0.2, 0.25) is 0 Å². The minimum Gasteiger partial charge on any atom is -0.302 e. The van der Waals surface area contributed by atoms with Crippen LogP contribution in [-0.2, 0) is 10.7 Å². The number of carbonyl (C=O) groups excluding carboxylic acids is 1. The lowest BCUT2D eigenvalue weighted by Crippen LogP contribution is -2.27. The Labute approximate surface area is 130 Å². The second-order valence-corrected chi connectivity index (χ2v) is 6.75. The number of anilines is 1. The van der Waals surface area contributed by atoms with Gasteiger partial charge in [-0.05, 0) is 31.6 Å². The second-order valence-electron chi connectivity index (χ2n) is 5.63. The summed E-state index contributed by atoms with van der Waals surface area (Å²) in [7, 11) is 0. The first-order valence-electron chi connectivity index (χ1n) is 7.54. The first kappa shape index (κ1) is 15.8. The monoisotopic (exact) mass is 314 g/mol. The van der Waals surface area contributed by atoms with Crippen molar-refractivity contribution in [2.24, 2.45) is 11.8 Å². The van der Waals surface area contributed by atoms with Crippen molar-refractivity contribution in [3.8, 4) is 0 Å². The Morgan fingerprint density at radius 1 is 1.45 bits per heavy atom. The molecule has 1 fully saturated rings. The molecule has 1 aliphatic rings. The van der Waals surface area contributed by atoms with E-state index >= 15 is 0 Å². The van der Waals surface area contributed by atoms with Crippen LogP contribution in [0.25, 0.3) is 0 Å². The Kier molecular flexibility index (Phi) is 6.30. The zero-order valence-corrected chi connectivity index (χ0v) is 13.6. The molecule has 2 rings (SSSR count). The van der Waals surface area contributed by atoms with Crippen LogP contribution in [0.15, 0.2) is 5.38 Å². The average molecular weight is 315 g/mol. The molecule has 3 nitrogen and oxygen atoms in total. The van der Waals surface area contributed by atoms with E-state index in [0.29, 0.717) is 11.0 Å². The number of thiazole rings is 1. The van der Waals surface area contributed by atoms with Gasteiger partial charge in [-0.3, -0.25) is 4.79 Å². The largest absolute Gasteiger partial charge is 0.302 e. The lowest BCUT2D eigenvalue weighted by Gasteiger charge is -2.27. The minimum absolute atomic E-state index is 0.134. The predicted octanol–water partition coefficient (Wildman–Crippen LogP) is 4.82. The Hall–Kier alpha value is -0.610. The van der Waals surface area contributed by atoms with E-state index in [1.54, 1.807) is 0 Å². The summed E-state index contributed by atoms with van der Waals surface area (Å²) in [6, 6.07) is 0. The van der Waals surface area contributed by atoms with E-state index in [0.717, 1.165) is 24.5 Å². The highest BCUT2D eigenvalue weighted by molar-refractivity contribution is 7.13. The standard InChI is InChI=1S/C15H23ClN2OS/c1-2-3-4-11-5-7-12(8-6-11)14(19)18-15-17-13(9-16)10-20-15/h10-12H,2-9H2,1H3,(H,17,18,19). The van der Waals surface area contributed by atoms with Gasteiger partial charge < -0.3 is 5.32 Å². The number of alkyl halides is 1. The van der Waals surface area contributed by atoms with Crippen LogP contribution in [0.4, 0.5) is 5.13 Å². The molecule has 0 aromatic carbocycles. The van der Waals surface area contributed by atoms with Crippen molar-refractivity contribution in [2.45, 2.75) is 57.7 Å². The number of unbranched alkanes of at least 4 members (excludes halogenated alkanes) is 1. The molecule has 5 heteroatoms. The zero-order valence-electron chi connectivity index (χ0n) is 12.0. The van der Waals surface area contributed by atoms with Crippen molar-refractivity contribution in [3.63, 3.8) is 0 Å². The molecule has 0 aliphatic heterocycles. The third-order valence-electron chi connectivity index (χ3n) is 4.10. The van der Waals surface area contributed by atoms with Crippen LogP contribution in [-0.4, -0.2) is 10.9 Å². The molecule has 0 spiro atoms. The molecule has 1 heterocycles. The van der Waals surface area contributed by atoms with Gasteiger partial charge in [0.1, 0.15) is 0 Å². The highest BCUT2D eigenvalue weighted by Gasteiger charge is 2.26. The Morgan fingerprint density at radius 3 is 2.80 bits per heavy atom. The fourth-order valence-corrected chi connectivity index (χ4v) is 3.78. The number of halogens is 1. The molecule has 1 aromatic heterocycles. The highest BCUT2D eigenvalue weighted by Crippen LogP contribution is 2.32. The van der Waals surface area contributed by atoms with E-state index < -0.39 is 0 Å². The maximum absolute atomic E-state index is 12.2. The summed E-state index contributed by atoms with van der Waals surface area (Å²) in [4.78, 5) is 16.5. The quantitative estimate of drug-likeness (QED) is 0.765. The minimum atomic E-state index is 0.134. The average Bonchev–Trinajstić information content (AvgIpc) is 2.93. The summed E-state index contributed by atoms with van der Waals surface area (Å²) in [6.07, 6.45) is 8.36. The molecule has 20 heavy (non-hydrogen) atoms. The molecule has 0 atom stereocenters. The van der Waals surface area contributed by atoms with Gasteiger partial charge in [-0.1, -0.05) is 26.2 Å². The zero-order chi connectivity index (χ0) is 14.4. The second kappa shape index (κ2) is 7.99. The maximum Gasteiger partial charge on any atom is 0.229 e. The van der Waals surface area contributed by atoms with E-state index in [4.69, 9.17) is 11.6 Å². The number of hydrogen-bond donors (Lipinski definition) is 1. The third-order valence-corrected chi connectivity index (χ3v) is 5.18. The molecule has 0 bridgehead atoms. The Bertz CT molecular complexity index is 427. The van der Waals surface area contributed by atoms with Crippen molar-refractivity contribution >= 4 is 34.0 Å². The maximum atomic E-state index is 12.2. The van der Waals surface area contributed by atoms with Crippen molar-refractivity contribution in [1.82, 2.24) is 4.98 Å². The van der Waals surface area contributed by atoms with Gasteiger partial charge in [-0.2, -0.15) is 0 Å². The van der Waals surface area contributed by atoms with Gasteiger partial charge in [0.15, 0.2) is 5.13 Å². The van der Waals surface area contributed by atoms with Crippen LogP contribution in [0, 0.1) is 11.8 Å². The summed E-state index contributed by atoms with van der Waals surface area (Å²) >= 11 is 7.17. The summed E-state index contributed by atoms with van der Waals surface area (Å²) < 4.78 is 0. The van der Waals surface area contributed by atoms with E-state index in [9.17, 15) is 4.79 Å². The van der Waals surface area contributed by atoms with Crippen LogP contribution in [0.5, 0.6) is 0 Å². The Balaban J connectivity index is 1.76. The predicted molar refractivity (Wildman–Crippen MR) is 85.3 cm³/mol. The lowest BCUT2D eigenvalue weighted by molar-refractivity contribution is -0.121. The molecular weight excluding hydrogens is 292 g/mol. The van der Waals surface area contributed by atoms with Gasteiger partial charge in [0.05, 0.1) is 11.6 Å². The summed E-state index contributed by atoms with van der Waals surface area (Å²) in [6.45, 7) is 2.24. The Morgan fingerprint density at radius 2 is 2.20 bits per heavy atom. The van der Waals surface area contributed by atoms with Gasteiger partial charge in [0.25, 0.3) is 0 Å². The molecule has 1 N–H and O–H groups in total. The number of aromatic nitrogens is 1. The number of rotatable bonds is 6. The van der Waals surface area contributed by atoms with Crippen LogP contribution < -0.4 is 5.32 Å². The van der Waals surface area contributed by atoms with Crippen LogP contribution in [0.1, 0.15) is 57.6 Å². The fourth-order valence-electron chi connectivity index (χ4n) is 2.84. The van der Waals surface area contributed by atoms with Crippen LogP contribution >= 0.6 is 22.9 Å². The van der Waals surface area contributed by atoms with Gasteiger partial charge in [0.2, 0.25) is 5.91 Å². The van der Waals surface area contributed by atoms with Crippen molar-refractivity contribution in [2.75, 3.05) is 5.32 Å². The highest BCUT2D eigenvalue weighted by atomic mass is 35.5. The van der Waals surface area contributed by atoms with Gasteiger partial charge >= 0.3 is 0 Å². The summed E-state index contributed by atoms with van der Waals surface area (Å²) in [5.74, 6) is 1.53. The van der Waals surface area contributed by atoms with E-state index in [1.165, 1.54) is 43.4 Å². The van der Waals surface area contributed by atoms with Crippen LogP contribution in [0.3, 0.4) is 0 Å². The van der Waals surface area contributed by atoms with Gasteiger partial charge in [-0.25, -0.2) is 4.98 Å². The molecule has 112 valence electrons. The first-order chi connectivity index (χ1) is 9.72. The molecule has 0 radical (unpaired) electrons. The molecule has 1 aliphatic carbocycles. The molecule has 0 unspecified atom stereocenters. The number of nitrogens with zero attached hydrogens (tertiary/aromatic N) is 1. The summed E-state index contributed by atoms with van der Waals surface area (Å²) in [5, 5.41) is 5.51. The fraction of sp³-hybridized carbons (Fsp3) is 0.733. The van der Waals surface area contributed by atoms with E-state index in [-0.39, 0.29) is 11.8 Å². The van der Waals surface area contributed by atoms with Crippen molar-refractivity contribution in [3.05, 3.63) is 11.1 Å². The SMILES string of the molecule is CCCCC1CCC(C(=O)Nc2nc(CCl)cs2)CC1. The number of carbonyl (C=O) groups is 1. The molecular formula is C15H23ClN2OS. The third kappa shape index (κ3) is 4.45. The first-order valence-corrected chi connectivity index (χ1v) is 8.95. The summed E-state index contributed by atoms with van der Waals surface area (Å²) in [5.41, 5.74) is 0.829. The van der Waals surface area contributed by atoms with Gasteiger partial charge in [0, 0.05) is 11.3 Å². The molecule has 1 aromatic rings. The molecule has 0 saturated heterocycles. The molecule has 1 saturated carbocycles. The molecule has 1 amide bonds. The normalized spacial score (nSPS) is 22.7. The van der Waals surface area contributed by atoms with Crippen molar-refractivity contribution < 1.29 is 4.79 Å². The topological polar surface area (TPSA) is 42.0 Å². The number of hydrogen-bond acceptors (Lipinski definition) is 3. The lowest BCUT2D eigenvalue weighted by atomic mass is 9.79. The van der Waals surface area contributed by atoms with Gasteiger partial charge in [-0.15, -0.1) is 22.9 Å². The smallest absolute Gasteiger partial charge is 0.229 e. The van der Waals surface area contributed by atoms with E-state index in [1.807, 2.05) is 5.38 Å². The number of nitrogens with one attached hydrogen (secondary N) is 1. The number of amides is 1.